The van der Waals surface area contributed by atoms with Crippen LogP contribution in [-0.2, 0) is 20.3 Å². The number of aryl methyl sites for hydroxylation is 2. The molecule has 0 aliphatic heterocycles. The zero-order chi connectivity index (χ0) is 12.3. The van der Waals surface area contributed by atoms with Crippen molar-refractivity contribution in [2.24, 2.45) is 7.05 Å². The molecule has 0 unspecified atom stereocenters. The molecular weight excluding hydrogens is 218 g/mol. The molecule has 2 aromatic heterocycles. The van der Waals surface area contributed by atoms with Crippen LogP contribution in [0, 0.1) is 6.92 Å². The number of aromatic nitrogens is 3. The van der Waals surface area contributed by atoms with Crippen LogP contribution in [0.4, 0.5) is 0 Å². The molecule has 0 aliphatic carbocycles. The average Bonchev–Trinajstić information content (AvgIpc) is 2.73. The molecule has 0 saturated heterocycles. The third kappa shape index (κ3) is 2.62. The highest BCUT2D eigenvalue weighted by Gasteiger charge is 2.06. The Morgan fingerprint density at radius 1 is 1.41 bits per heavy atom. The summed E-state index contributed by atoms with van der Waals surface area (Å²) in [5.74, 6) is 0.610. The molecule has 0 aliphatic rings. The third-order valence-corrected chi connectivity index (χ3v) is 2.51. The molecule has 0 aromatic carbocycles. The van der Waals surface area contributed by atoms with Gasteiger partial charge in [0.1, 0.15) is 18.1 Å². The van der Waals surface area contributed by atoms with Gasteiger partial charge < -0.3 is 14.4 Å². The van der Waals surface area contributed by atoms with Crippen molar-refractivity contribution in [1.82, 2.24) is 14.5 Å². The van der Waals surface area contributed by atoms with Crippen molar-refractivity contribution in [2.75, 3.05) is 0 Å². The second-order valence-corrected chi connectivity index (χ2v) is 3.84. The fourth-order valence-electron chi connectivity index (χ4n) is 1.52. The molecule has 0 amide bonds. The van der Waals surface area contributed by atoms with Crippen molar-refractivity contribution < 1.29 is 9.84 Å². The summed E-state index contributed by atoms with van der Waals surface area (Å²) in [6.07, 6.45) is 3.47. The number of nitrogens with zero attached hydrogens (tertiary/aromatic N) is 3. The standard InChI is InChI=1S/C12H15N3O2/c1-9-3-4-12(11(6-16)14-9)17-7-10-5-13-8-15(10)2/h3-5,8,16H,6-7H2,1-2H3. The van der Waals surface area contributed by atoms with E-state index < -0.39 is 0 Å². The van der Waals surface area contributed by atoms with Crippen LogP contribution in [0.2, 0.25) is 0 Å². The molecule has 0 saturated carbocycles. The Hall–Kier alpha value is -1.88. The van der Waals surface area contributed by atoms with E-state index in [0.717, 1.165) is 11.4 Å². The second-order valence-electron chi connectivity index (χ2n) is 3.84. The molecule has 2 heterocycles. The molecular formula is C12H15N3O2. The molecule has 2 aromatic rings. The first-order chi connectivity index (χ1) is 8.20. The summed E-state index contributed by atoms with van der Waals surface area (Å²) in [6, 6.07) is 3.68. The quantitative estimate of drug-likeness (QED) is 0.861. The highest BCUT2D eigenvalue weighted by atomic mass is 16.5. The first kappa shape index (κ1) is 11.6. The van der Waals surface area contributed by atoms with E-state index in [-0.39, 0.29) is 6.61 Å². The molecule has 90 valence electrons. The summed E-state index contributed by atoms with van der Waals surface area (Å²) < 4.78 is 7.51. The Kier molecular flexibility index (Phi) is 3.39. The summed E-state index contributed by atoms with van der Waals surface area (Å²) in [6.45, 7) is 2.17. The van der Waals surface area contributed by atoms with Crippen molar-refractivity contribution in [1.29, 1.82) is 0 Å². The summed E-state index contributed by atoms with van der Waals surface area (Å²) >= 11 is 0. The molecule has 0 bridgehead atoms. The van der Waals surface area contributed by atoms with Gasteiger partial charge in [0, 0.05) is 12.7 Å². The van der Waals surface area contributed by atoms with Crippen molar-refractivity contribution >= 4 is 0 Å². The zero-order valence-electron chi connectivity index (χ0n) is 9.92. The predicted molar refractivity (Wildman–Crippen MR) is 62.4 cm³/mol. The summed E-state index contributed by atoms with van der Waals surface area (Å²) in [5.41, 5.74) is 2.39. The minimum atomic E-state index is -0.123. The topological polar surface area (TPSA) is 60.2 Å². The molecule has 0 radical (unpaired) electrons. The van der Waals surface area contributed by atoms with Gasteiger partial charge in [-0.2, -0.15) is 0 Å². The molecule has 0 atom stereocenters. The van der Waals surface area contributed by atoms with Crippen LogP contribution in [0.15, 0.2) is 24.7 Å². The SMILES string of the molecule is Cc1ccc(OCc2cncn2C)c(CO)n1. The van der Waals surface area contributed by atoms with Gasteiger partial charge in [-0.1, -0.05) is 0 Å². The van der Waals surface area contributed by atoms with Crippen molar-refractivity contribution in [3.63, 3.8) is 0 Å². The van der Waals surface area contributed by atoms with Gasteiger partial charge in [0.05, 0.1) is 24.8 Å². The zero-order valence-corrected chi connectivity index (χ0v) is 9.92. The van der Waals surface area contributed by atoms with Crippen LogP contribution in [-0.4, -0.2) is 19.6 Å². The third-order valence-electron chi connectivity index (χ3n) is 2.51. The Labute approximate surface area is 99.7 Å². The number of pyridine rings is 1. The lowest BCUT2D eigenvalue weighted by molar-refractivity contribution is 0.250. The van der Waals surface area contributed by atoms with Crippen LogP contribution in [0.5, 0.6) is 5.75 Å². The average molecular weight is 233 g/mol. The minimum Gasteiger partial charge on any atom is -0.485 e. The Morgan fingerprint density at radius 2 is 2.24 bits per heavy atom. The number of hydrogen-bond acceptors (Lipinski definition) is 4. The van der Waals surface area contributed by atoms with Gasteiger partial charge in [0.25, 0.3) is 0 Å². The largest absolute Gasteiger partial charge is 0.485 e. The maximum atomic E-state index is 9.19. The molecule has 5 heteroatoms. The van der Waals surface area contributed by atoms with E-state index in [1.54, 1.807) is 12.5 Å². The number of hydrogen-bond donors (Lipinski definition) is 1. The van der Waals surface area contributed by atoms with Gasteiger partial charge in [-0.05, 0) is 19.1 Å². The monoisotopic (exact) mass is 233 g/mol. The van der Waals surface area contributed by atoms with Crippen LogP contribution in [0.1, 0.15) is 17.1 Å². The fourth-order valence-corrected chi connectivity index (χ4v) is 1.52. The second kappa shape index (κ2) is 4.97. The van der Waals surface area contributed by atoms with Gasteiger partial charge in [0.2, 0.25) is 0 Å². The van der Waals surface area contributed by atoms with Gasteiger partial charge in [-0.25, -0.2) is 4.98 Å². The highest BCUT2D eigenvalue weighted by Crippen LogP contribution is 2.18. The maximum absolute atomic E-state index is 9.19. The number of aliphatic hydroxyl groups excluding tert-OH is 1. The van der Waals surface area contributed by atoms with E-state index in [0.29, 0.717) is 18.1 Å². The summed E-state index contributed by atoms with van der Waals surface area (Å²) in [5, 5.41) is 9.19. The molecule has 0 fully saturated rings. The molecule has 2 rings (SSSR count). The summed E-state index contributed by atoms with van der Waals surface area (Å²) in [7, 11) is 1.91. The van der Waals surface area contributed by atoms with Gasteiger partial charge >= 0.3 is 0 Å². The van der Waals surface area contributed by atoms with Gasteiger partial charge in [-0.3, -0.25) is 4.98 Å². The molecule has 0 spiro atoms. The Morgan fingerprint density at radius 3 is 2.88 bits per heavy atom. The first-order valence-electron chi connectivity index (χ1n) is 5.36. The van der Waals surface area contributed by atoms with E-state index >= 15 is 0 Å². The van der Waals surface area contributed by atoms with Crippen molar-refractivity contribution in [3.05, 3.63) is 41.7 Å². The van der Waals surface area contributed by atoms with Crippen molar-refractivity contribution in [2.45, 2.75) is 20.1 Å². The van der Waals surface area contributed by atoms with Crippen LogP contribution >= 0.6 is 0 Å². The molecule has 17 heavy (non-hydrogen) atoms. The maximum Gasteiger partial charge on any atom is 0.143 e. The number of imidazole rings is 1. The lowest BCUT2D eigenvalue weighted by atomic mass is 10.3. The Balaban J connectivity index is 2.11. The van der Waals surface area contributed by atoms with Crippen molar-refractivity contribution in [3.8, 4) is 5.75 Å². The smallest absolute Gasteiger partial charge is 0.143 e. The van der Waals surface area contributed by atoms with Crippen LogP contribution in [0.25, 0.3) is 0 Å². The van der Waals surface area contributed by atoms with E-state index in [1.165, 1.54) is 0 Å². The Bertz CT molecular complexity index is 508. The highest BCUT2D eigenvalue weighted by molar-refractivity contribution is 5.28. The van der Waals surface area contributed by atoms with E-state index in [9.17, 15) is 5.11 Å². The van der Waals surface area contributed by atoms with Gasteiger partial charge in [0.15, 0.2) is 0 Å². The first-order valence-corrected chi connectivity index (χ1v) is 5.36. The van der Waals surface area contributed by atoms with Gasteiger partial charge in [-0.15, -0.1) is 0 Å². The minimum absolute atomic E-state index is 0.123. The van der Waals surface area contributed by atoms with Crippen LogP contribution in [0.3, 0.4) is 0 Å². The number of ether oxygens (including phenoxy) is 1. The van der Waals surface area contributed by atoms with E-state index in [1.807, 2.05) is 30.7 Å². The molecule has 1 N–H and O–H groups in total. The van der Waals surface area contributed by atoms with E-state index in [2.05, 4.69) is 9.97 Å². The predicted octanol–water partition coefficient (Wildman–Crippen LogP) is 1.19. The van der Waals surface area contributed by atoms with Crippen LogP contribution < -0.4 is 4.74 Å². The number of aliphatic hydroxyl groups is 1. The van der Waals surface area contributed by atoms with E-state index in [4.69, 9.17) is 4.74 Å². The molecule has 5 nitrogen and oxygen atoms in total. The number of rotatable bonds is 4. The lowest BCUT2D eigenvalue weighted by Crippen LogP contribution is -2.04. The lowest BCUT2D eigenvalue weighted by Gasteiger charge is -2.10. The summed E-state index contributed by atoms with van der Waals surface area (Å²) in [4.78, 5) is 8.23. The normalized spacial score (nSPS) is 10.5. The fraction of sp³-hybridized carbons (Fsp3) is 0.333.